The normalized spacial score (nSPS) is 17.5. The van der Waals surface area contributed by atoms with Crippen LogP contribution in [0.3, 0.4) is 0 Å². The molecule has 144 valence electrons. The smallest absolute Gasteiger partial charge is 0.337 e. The number of aryl methyl sites for hydroxylation is 1. The SMILES string of the molecule is COC(=O)c1ccc(-c2nc(CN3CCCC[C@@H]3C(=O)OC)c(C)o2)cc1. The maximum Gasteiger partial charge on any atom is 0.337 e. The van der Waals surface area contributed by atoms with Gasteiger partial charge in [-0.3, -0.25) is 9.69 Å². The zero-order valence-corrected chi connectivity index (χ0v) is 15.9. The lowest BCUT2D eigenvalue weighted by Crippen LogP contribution is -2.44. The van der Waals surface area contributed by atoms with Crippen LogP contribution in [0.2, 0.25) is 0 Å². The Morgan fingerprint density at radius 1 is 1.19 bits per heavy atom. The van der Waals surface area contributed by atoms with Crippen molar-refractivity contribution < 1.29 is 23.5 Å². The topological polar surface area (TPSA) is 81.9 Å². The van der Waals surface area contributed by atoms with Crippen LogP contribution in [0.15, 0.2) is 28.7 Å². The number of ether oxygens (including phenoxy) is 2. The van der Waals surface area contributed by atoms with Crippen molar-refractivity contribution in [2.24, 2.45) is 0 Å². The van der Waals surface area contributed by atoms with E-state index in [0.717, 1.165) is 42.8 Å². The Morgan fingerprint density at radius 2 is 1.93 bits per heavy atom. The summed E-state index contributed by atoms with van der Waals surface area (Å²) in [5, 5.41) is 0. The number of hydrogen-bond acceptors (Lipinski definition) is 7. The van der Waals surface area contributed by atoms with E-state index in [0.29, 0.717) is 18.0 Å². The molecule has 3 rings (SSSR count). The molecule has 1 fully saturated rings. The van der Waals surface area contributed by atoms with Crippen molar-refractivity contribution in [2.75, 3.05) is 20.8 Å². The number of likely N-dealkylation sites (tertiary alicyclic amines) is 1. The van der Waals surface area contributed by atoms with E-state index in [1.165, 1.54) is 14.2 Å². The third-order valence-corrected chi connectivity index (χ3v) is 4.89. The highest BCUT2D eigenvalue weighted by molar-refractivity contribution is 5.89. The molecule has 1 aliphatic rings. The van der Waals surface area contributed by atoms with E-state index in [1.807, 2.05) is 6.92 Å². The Balaban J connectivity index is 1.78. The average molecular weight is 372 g/mol. The molecule has 2 heterocycles. The Labute approximate surface area is 158 Å². The molecular formula is C20H24N2O5. The molecule has 2 aromatic rings. The molecule has 0 N–H and O–H groups in total. The molecule has 27 heavy (non-hydrogen) atoms. The second kappa shape index (κ2) is 8.35. The number of piperidine rings is 1. The van der Waals surface area contributed by atoms with Crippen LogP contribution in [0.5, 0.6) is 0 Å². The Morgan fingerprint density at radius 3 is 2.59 bits per heavy atom. The van der Waals surface area contributed by atoms with Gasteiger partial charge in [0.1, 0.15) is 11.8 Å². The first kappa shape index (κ1) is 19.1. The van der Waals surface area contributed by atoms with Crippen molar-refractivity contribution in [1.29, 1.82) is 0 Å². The van der Waals surface area contributed by atoms with Gasteiger partial charge in [0.05, 0.1) is 25.5 Å². The first-order chi connectivity index (χ1) is 13.0. The summed E-state index contributed by atoms with van der Waals surface area (Å²) in [5.74, 6) is 0.626. The number of oxazole rings is 1. The molecule has 0 unspecified atom stereocenters. The number of carbonyl (C=O) groups excluding carboxylic acids is 2. The predicted molar refractivity (Wildman–Crippen MR) is 98.1 cm³/mol. The zero-order chi connectivity index (χ0) is 19.4. The quantitative estimate of drug-likeness (QED) is 0.746. The van der Waals surface area contributed by atoms with Crippen molar-refractivity contribution in [3.8, 4) is 11.5 Å². The van der Waals surface area contributed by atoms with Crippen LogP contribution in [-0.2, 0) is 20.8 Å². The summed E-state index contributed by atoms with van der Waals surface area (Å²) < 4.78 is 15.5. The van der Waals surface area contributed by atoms with Gasteiger partial charge in [0.2, 0.25) is 5.89 Å². The lowest BCUT2D eigenvalue weighted by molar-refractivity contribution is -0.148. The molecule has 1 aromatic carbocycles. The molecule has 0 saturated carbocycles. The van der Waals surface area contributed by atoms with E-state index >= 15 is 0 Å². The van der Waals surface area contributed by atoms with Crippen molar-refractivity contribution >= 4 is 11.9 Å². The summed E-state index contributed by atoms with van der Waals surface area (Å²) in [6.07, 6.45) is 2.86. The van der Waals surface area contributed by atoms with Gasteiger partial charge in [-0.25, -0.2) is 9.78 Å². The summed E-state index contributed by atoms with van der Waals surface area (Å²) in [5.41, 5.74) is 2.05. The Kier molecular flexibility index (Phi) is 5.91. The molecule has 1 atom stereocenters. The summed E-state index contributed by atoms with van der Waals surface area (Å²) in [6.45, 7) is 3.23. The maximum atomic E-state index is 12.0. The number of hydrogen-bond donors (Lipinski definition) is 0. The molecule has 0 amide bonds. The largest absolute Gasteiger partial charge is 0.468 e. The minimum absolute atomic E-state index is 0.200. The molecule has 0 bridgehead atoms. The van der Waals surface area contributed by atoms with Crippen LogP contribution in [0.1, 0.15) is 41.1 Å². The highest BCUT2D eigenvalue weighted by Gasteiger charge is 2.30. The van der Waals surface area contributed by atoms with E-state index in [4.69, 9.17) is 13.9 Å². The number of aromatic nitrogens is 1. The highest BCUT2D eigenvalue weighted by atomic mass is 16.5. The molecular weight excluding hydrogens is 348 g/mol. The van der Waals surface area contributed by atoms with Gasteiger partial charge < -0.3 is 13.9 Å². The summed E-state index contributed by atoms with van der Waals surface area (Å²) in [4.78, 5) is 30.3. The number of benzene rings is 1. The third-order valence-electron chi connectivity index (χ3n) is 4.89. The molecule has 1 aliphatic heterocycles. The summed E-state index contributed by atoms with van der Waals surface area (Å²) in [7, 11) is 2.77. The molecule has 0 aliphatic carbocycles. The number of esters is 2. The molecule has 0 radical (unpaired) electrons. The number of carbonyl (C=O) groups is 2. The van der Waals surface area contributed by atoms with Crippen LogP contribution >= 0.6 is 0 Å². The fourth-order valence-corrected chi connectivity index (χ4v) is 3.34. The van der Waals surface area contributed by atoms with Gasteiger partial charge in [0, 0.05) is 12.1 Å². The fraction of sp³-hybridized carbons (Fsp3) is 0.450. The fourth-order valence-electron chi connectivity index (χ4n) is 3.34. The van der Waals surface area contributed by atoms with Gasteiger partial charge in [-0.05, 0) is 50.6 Å². The number of nitrogens with zero attached hydrogens (tertiary/aromatic N) is 2. The molecule has 1 saturated heterocycles. The number of rotatable bonds is 5. The van der Waals surface area contributed by atoms with Gasteiger partial charge in [-0.1, -0.05) is 6.42 Å². The second-order valence-corrected chi connectivity index (χ2v) is 6.60. The molecule has 1 aromatic heterocycles. The molecule has 7 nitrogen and oxygen atoms in total. The van der Waals surface area contributed by atoms with Crippen molar-refractivity contribution in [2.45, 2.75) is 38.8 Å². The van der Waals surface area contributed by atoms with Crippen molar-refractivity contribution in [3.63, 3.8) is 0 Å². The Hall–Kier alpha value is -2.67. The van der Waals surface area contributed by atoms with E-state index in [9.17, 15) is 9.59 Å². The average Bonchev–Trinajstić information content (AvgIpc) is 3.07. The summed E-state index contributed by atoms with van der Waals surface area (Å²) >= 11 is 0. The minimum atomic E-state index is -0.384. The third kappa shape index (κ3) is 4.19. The van der Waals surface area contributed by atoms with Crippen LogP contribution in [0.4, 0.5) is 0 Å². The van der Waals surface area contributed by atoms with Gasteiger partial charge in [0.15, 0.2) is 0 Å². The zero-order valence-electron chi connectivity index (χ0n) is 15.9. The lowest BCUT2D eigenvalue weighted by atomic mass is 10.0. The van der Waals surface area contributed by atoms with Crippen molar-refractivity contribution in [1.82, 2.24) is 9.88 Å². The standard InChI is InChI=1S/C20H24N2O5/c1-13-16(12-22-11-5-4-6-17(22)20(24)26-3)21-18(27-13)14-7-9-15(10-8-14)19(23)25-2/h7-10,17H,4-6,11-12H2,1-3H3/t17-/m1/s1. The molecule has 0 spiro atoms. The van der Waals surface area contributed by atoms with Crippen LogP contribution in [-0.4, -0.2) is 48.6 Å². The first-order valence-electron chi connectivity index (χ1n) is 9.00. The van der Waals surface area contributed by atoms with E-state index in [-0.39, 0.29) is 18.0 Å². The summed E-state index contributed by atoms with van der Waals surface area (Å²) in [6, 6.07) is 6.68. The predicted octanol–water partition coefficient (Wildman–Crippen LogP) is 2.96. The van der Waals surface area contributed by atoms with E-state index < -0.39 is 0 Å². The highest BCUT2D eigenvalue weighted by Crippen LogP contribution is 2.26. The first-order valence-corrected chi connectivity index (χ1v) is 9.00. The van der Waals surface area contributed by atoms with E-state index in [2.05, 4.69) is 9.88 Å². The van der Waals surface area contributed by atoms with Crippen LogP contribution in [0.25, 0.3) is 11.5 Å². The lowest BCUT2D eigenvalue weighted by Gasteiger charge is -2.33. The van der Waals surface area contributed by atoms with Gasteiger partial charge >= 0.3 is 11.9 Å². The monoisotopic (exact) mass is 372 g/mol. The second-order valence-electron chi connectivity index (χ2n) is 6.60. The van der Waals surface area contributed by atoms with Gasteiger partial charge in [-0.15, -0.1) is 0 Å². The van der Waals surface area contributed by atoms with Crippen molar-refractivity contribution in [3.05, 3.63) is 41.3 Å². The maximum absolute atomic E-state index is 12.0. The minimum Gasteiger partial charge on any atom is -0.468 e. The van der Waals surface area contributed by atoms with E-state index in [1.54, 1.807) is 24.3 Å². The van der Waals surface area contributed by atoms with Gasteiger partial charge in [-0.2, -0.15) is 0 Å². The van der Waals surface area contributed by atoms with Crippen LogP contribution in [0, 0.1) is 6.92 Å². The Bertz CT molecular complexity index is 812. The number of methoxy groups -OCH3 is 2. The van der Waals surface area contributed by atoms with Gasteiger partial charge in [0.25, 0.3) is 0 Å². The molecule has 7 heteroatoms. The van der Waals surface area contributed by atoms with Crippen LogP contribution < -0.4 is 0 Å².